The van der Waals surface area contributed by atoms with Crippen LogP contribution in [0.4, 0.5) is 0 Å². The molecule has 176 valence electrons. The number of aliphatic imine (C=N–C) groups is 1. The number of nitrogens with two attached hydrogens (primary N) is 1. The van der Waals surface area contributed by atoms with Gasteiger partial charge in [-0.1, -0.05) is 6.92 Å². The molecular formula is C21H38IN7OS. The zero-order valence-corrected chi connectivity index (χ0v) is 22.0. The molecule has 0 aliphatic carbocycles. The minimum atomic E-state index is -0.248. The lowest BCUT2D eigenvalue weighted by molar-refractivity contribution is -0.119. The Morgan fingerprint density at radius 1 is 1.23 bits per heavy atom. The highest BCUT2D eigenvalue weighted by Gasteiger charge is 2.22. The third kappa shape index (κ3) is 8.82. The summed E-state index contributed by atoms with van der Waals surface area (Å²) >= 11 is 1.78. The summed E-state index contributed by atoms with van der Waals surface area (Å²) in [5.41, 5.74) is 6.52. The summed E-state index contributed by atoms with van der Waals surface area (Å²) in [6.45, 7) is 8.53. The monoisotopic (exact) mass is 563 g/mol. The highest BCUT2D eigenvalue weighted by molar-refractivity contribution is 14.0. The van der Waals surface area contributed by atoms with Crippen LogP contribution in [0, 0.1) is 5.92 Å². The summed E-state index contributed by atoms with van der Waals surface area (Å²) < 4.78 is 0. The van der Waals surface area contributed by atoms with Crippen molar-refractivity contribution >= 4 is 47.2 Å². The molecule has 8 nitrogen and oxygen atoms in total. The Labute approximate surface area is 207 Å². The molecule has 3 rings (SSSR count). The Morgan fingerprint density at radius 2 is 1.90 bits per heavy atom. The van der Waals surface area contributed by atoms with Crippen LogP contribution in [0.3, 0.4) is 0 Å². The van der Waals surface area contributed by atoms with Crippen molar-refractivity contribution in [3.05, 3.63) is 16.1 Å². The van der Waals surface area contributed by atoms with Gasteiger partial charge in [0, 0.05) is 44.6 Å². The fourth-order valence-corrected chi connectivity index (χ4v) is 4.98. The Morgan fingerprint density at radius 3 is 2.48 bits per heavy atom. The number of rotatable bonds is 8. The lowest BCUT2D eigenvalue weighted by atomic mass is 9.97. The van der Waals surface area contributed by atoms with Crippen LogP contribution in [0.1, 0.15) is 43.3 Å². The van der Waals surface area contributed by atoms with Crippen LogP contribution in [-0.2, 0) is 17.8 Å². The van der Waals surface area contributed by atoms with E-state index < -0.39 is 0 Å². The van der Waals surface area contributed by atoms with E-state index in [0.717, 1.165) is 64.5 Å². The lowest BCUT2D eigenvalue weighted by Gasteiger charge is -2.33. The van der Waals surface area contributed by atoms with E-state index in [1.807, 2.05) is 7.05 Å². The summed E-state index contributed by atoms with van der Waals surface area (Å²) in [6.07, 6.45) is 5.45. The first-order valence-corrected chi connectivity index (χ1v) is 12.1. The van der Waals surface area contributed by atoms with E-state index in [1.165, 1.54) is 23.5 Å². The molecule has 0 unspecified atom stereocenters. The van der Waals surface area contributed by atoms with Gasteiger partial charge in [-0.25, -0.2) is 4.98 Å². The third-order valence-corrected chi connectivity index (χ3v) is 7.13. The Kier molecular flexibility index (Phi) is 11.5. The molecule has 3 heterocycles. The molecule has 2 aliphatic rings. The maximum atomic E-state index is 11.1. The summed E-state index contributed by atoms with van der Waals surface area (Å²) in [5, 5.41) is 10.5. The molecule has 10 heteroatoms. The Hall–Kier alpha value is -0.980. The van der Waals surface area contributed by atoms with E-state index in [4.69, 9.17) is 10.7 Å². The van der Waals surface area contributed by atoms with Crippen molar-refractivity contribution in [3.63, 3.8) is 0 Å². The molecule has 2 saturated heterocycles. The van der Waals surface area contributed by atoms with Gasteiger partial charge in [0.2, 0.25) is 5.91 Å². The number of nitrogens with zero attached hydrogens (tertiary/aromatic N) is 4. The van der Waals surface area contributed by atoms with Crippen LogP contribution in [0.5, 0.6) is 0 Å². The molecule has 0 bridgehead atoms. The second kappa shape index (κ2) is 13.5. The number of piperidine rings is 2. The molecule has 0 saturated carbocycles. The average molecular weight is 564 g/mol. The van der Waals surface area contributed by atoms with Crippen LogP contribution < -0.4 is 16.4 Å². The molecule has 1 amide bonds. The molecule has 2 fully saturated rings. The summed E-state index contributed by atoms with van der Waals surface area (Å²) in [6, 6.07) is 0.397. The zero-order chi connectivity index (χ0) is 21.3. The number of amides is 1. The van der Waals surface area contributed by atoms with Crippen LogP contribution >= 0.6 is 35.3 Å². The third-order valence-electron chi connectivity index (χ3n) is 6.08. The molecule has 4 N–H and O–H groups in total. The van der Waals surface area contributed by atoms with Gasteiger partial charge in [0.05, 0.1) is 17.2 Å². The largest absolute Gasteiger partial charge is 0.369 e. The van der Waals surface area contributed by atoms with Crippen LogP contribution in [0.25, 0.3) is 0 Å². The maximum Gasteiger partial charge on any atom is 0.231 e. The number of carbonyl (C=O) groups is 1. The molecule has 1 aromatic heterocycles. The SMILES string of the molecule is CCc1nc(CN2CCC(CNC(=NC)NC3CCN(CC(N)=O)CC3)CC2)cs1.I. The van der Waals surface area contributed by atoms with Gasteiger partial charge in [-0.3, -0.25) is 19.6 Å². The predicted molar refractivity (Wildman–Crippen MR) is 138 cm³/mol. The van der Waals surface area contributed by atoms with Crippen molar-refractivity contribution in [3.8, 4) is 0 Å². The zero-order valence-electron chi connectivity index (χ0n) is 18.8. The van der Waals surface area contributed by atoms with Gasteiger partial charge in [-0.05, 0) is 51.1 Å². The second-order valence-electron chi connectivity index (χ2n) is 8.42. The first kappa shape index (κ1) is 26.3. The second-order valence-corrected chi connectivity index (χ2v) is 9.36. The average Bonchev–Trinajstić information content (AvgIpc) is 3.20. The number of nitrogens with one attached hydrogen (secondary N) is 2. The van der Waals surface area contributed by atoms with Crippen molar-refractivity contribution < 1.29 is 4.79 Å². The minimum Gasteiger partial charge on any atom is -0.369 e. The molecule has 2 aliphatic heterocycles. The van der Waals surface area contributed by atoms with Crippen LogP contribution in [0.15, 0.2) is 10.4 Å². The lowest BCUT2D eigenvalue weighted by Crippen LogP contribution is -2.50. The fraction of sp³-hybridized carbons (Fsp3) is 0.762. The molecule has 31 heavy (non-hydrogen) atoms. The van der Waals surface area contributed by atoms with E-state index in [0.29, 0.717) is 18.5 Å². The van der Waals surface area contributed by atoms with Gasteiger partial charge in [-0.2, -0.15) is 0 Å². The van der Waals surface area contributed by atoms with E-state index in [1.54, 1.807) is 11.3 Å². The summed E-state index contributed by atoms with van der Waals surface area (Å²) in [7, 11) is 1.83. The normalized spacial score (nSPS) is 19.7. The van der Waals surface area contributed by atoms with Gasteiger partial charge in [-0.15, -0.1) is 35.3 Å². The van der Waals surface area contributed by atoms with Crippen LogP contribution in [0.2, 0.25) is 0 Å². The maximum absolute atomic E-state index is 11.1. The number of guanidine groups is 1. The molecule has 0 spiro atoms. The smallest absolute Gasteiger partial charge is 0.231 e. The number of aryl methyl sites for hydroxylation is 1. The molecule has 1 aromatic rings. The van der Waals surface area contributed by atoms with Crippen molar-refractivity contribution in [1.82, 2.24) is 25.4 Å². The number of thiazole rings is 1. The predicted octanol–water partition coefficient (Wildman–Crippen LogP) is 1.65. The number of halogens is 1. The number of likely N-dealkylation sites (tertiary alicyclic amines) is 2. The molecule has 0 aromatic carbocycles. The van der Waals surface area contributed by atoms with Gasteiger partial charge >= 0.3 is 0 Å². The van der Waals surface area contributed by atoms with Gasteiger partial charge < -0.3 is 16.4 Å². The van der Waals surface area contributed by atoms with Gasteiger partial charge in [0.25, 0.3) is 0 Å². The van der Waals surface area contributed by atoms with Gasteiger partial charge in [0.15, 0.2) is 5.96 Å². The summed E-state index contributed by atoms with van der Waals surface area (Å²) in [4.78, 5) is 24.8. The Balaban J connectivity index is 0.00000341. The minimum absolute atomic E-state index is 0. The van der Waals surface area contributed by atoms with Gasteiger partial charge in [0.1, 0.15) is 0 Å². The number of primary amides is 1. The van der Waals surface area contributed by atoms with Crippen molar-refractivity contribution in [2.45, 2.75) is 51.6 Å². The number of hydrogen-bond acceptors (Lipinski definition) is 6. The van der Waals surface area contributed by atoms with Crippen molar-refractivity contribution in [1.29, 1.82) is 0 Å². The number of aromatic nitrogens is 1. The quantitative estimate of drug-likeness (QED) is 0.253. The fourth-order valence-electron chi connectivity index (χ4n) is 4.25. The van der Waals surface area contributed by atoms with Crippen LogP contribution in [-0.4, -0.2) is 79.0 Å². The van der Waals surface area contributed by atoms with Crippen molar-refractivity contribution in [2.24, 2.45) is 16.6 Å². The summed E-state index contributed by atoms with van der Waals surface area (Å²) in [5.74, 6) is 1.32. The molecule has 0 radical (unpaired) electrons. The van der Waals surface area contributed by atoms with Crippen molar-refractivity contribution in [2.75, 3.05) is 46.3 Å². The standard InChI is InChI=1S/C21H37N7OS.HI/c1-3-20-25-18(15-30-20)13-27-8-4-16(5-9-27)12-24-21(23-2)26-17-6-10-28(11-7-17)14-19(22)29;/h15-17H,3-14H2,1-2H3,(H2,22,29)(H2,23,24,26);1H. The van der Waals surface area contributed by atoms with E-state index in [9.17, 15) is 4.79 Å². The highest BCUT2D eigenvalue weighted by Crippen LogP contribution is 2.19. The Bertz CT molecular complexity index is 698. The number of carbonyl (C=O) groups excluding carboxylic acids is 1. The first-order valence-electron chi connectivity index (χ1n) is 11.2. The van der Waals surface area contributed by atoms with E-state index in [-0.39, 0.29) is 29.9 Å². The van der Waals surface area contributed by atoms with E-state index in [2.05, 4.69) is 37.7 Å². The topological polar surface area (TPSA) is 98.9 Å². The number of hydrogen-bond donors (Lipinski definition) is 3. The molecular weight excluding hydrogens is 525 g/mol. The first-order chi connectivity index (χ1) is 14.6. The van der Waals surface area contributed by atoms with E-state index >= 15 is 0 Å². The highest BCUT2D eigenvalue weighted by atomic mass is 127. The molecule has 0 atom stereocenters.